The second-order valence-corrected chi connectivity index (χ2v) is 8.13. The van der Waals surface area contributed by atoms with Crippen LogP contribution in [0.15, 0.2) is 83.9 Å². The van der Waals surface area contributed by atoms with Crippen LogP contribution in [0.1, 0.15) is 23.1 Å². The van der Waals surface area contributed by atoms with E-state index in [0.717, 1.165) is 33.5 Å². The second kappa shape index (κ2) is 8.59. The molecule has 0 aliphatic carbocycles. The first-order chi connectivity index (χ1) is 16.5. The molecule has 0 saturated heterocycles. The van der Waals surface area contributed by atoms with Gasteiger partial charge >= 0.3 is 0 Å². The van der Waals surface area contributed by atoms with Crippen molar-refractivity contribution in [2.24, 2.45) is 7.05 Å². The predicted octanol–water partition coefficient (Wildman–Crippen LogP) is 4.89. The molecule has 3 aromatic heterocycles. The van der Waals surface area contributed by atoms with Gasteiger partial charge in [0.05, 0.1) is 18.1 Å². The third-order valence-corrected chi connectivity index (χ3v) is 5.99. The number of rotatable bonds is 5. The summed E-state index contributed by atoms with van der Waals surface area (Å²) < 4.78 is 23.8. The van der Waals surface area contributed by atoms with Gasteiger partial charge in [0.25, 0.3) is 5.56 Å². The van der Waals surface area contributed by atoms with Crippen molar-refractivity contribution in [1.29, 1.82) is 0 Å². The number of fused-ring (bicyclic) bond motifs is 1. The number of aromatic nitrogens is 4. The number of methoxy groups -OCH3 is 1. The molecule has 0 saturated carbocycles. The Bertz CT molecular complexity index is 1560. The van der Waals surface area contributed by atoms with Crippen molar-refractivity contribution in [3.05, 3.63) is 112 Å². The Balaban J connectivity index is 1.76. The van der Waals surface area contributed by atoms with E-state index in [0.29, 0.717) is 5.69 Å². The van der Waals surface area contributed by atoms with E-state index in [1.54, 1.807) is 31.6 Å². The summed E-state index contributed by atoms with van der Waals surface area (Å²) in [6.07, 6.45) is 3.37. The zero-order valence-electron chi connectivity index (χ0n) is 19.1. The van der Waals surface area contributed by atoms with E-state index in [4.69, 9.17) is 9.72 Å². The second-order valence-electron chi connectivity index (χ2n) is 8.13. The van der Waals surface area contributed by atoms with E-state index < -0.39 is 6.04 Å². The monoisotopic (exact) mass is 454 g/mol. The third-order valence-electron chi connectivity index (χ3n) is 5.99. The van der Waals surface area contributed by atoms with Gasteiger partial charge < -0.3 is 13.9 Å². The minimum Gasteiger partial charge on any atom is -0.491 e. The minimum absolute atomic E-state index is 0.206. The standard InChI is InChI=1S/C27H23FN4O2/c1-17-30-22-12-11-19(20-15-24(34-3)27(33)31(2)16-20)14-23(22)32(17)26(18-8-5-4-6-9-18)25-21(28)10-7-13-29-25/h4-16,26H,1-3H3/t26-/m1/s1. The summed E-state index contributed by atoms with van der Waals surface area (Å²) >= 11 is 0. The number of ether oxygens (including phenoxy) is 1. The highest BCUT2D eigenvalue weighted by Gasteiger charge is 2.25. The number of pyridine rings is 2. The molecule has 0 spiro atoms. The topological polar surface area (TPSA) is 61.9 Å². The Labute approximate surface area is 195 Å². The van der Waals surface area contributed by atoms with Crippen LogP contribution in [0, 0.1) is 12.7 Å². The predicted molar refractivity (Wildman–Crippen MR) is 130 cm³/mol. The van der Waals surface area contributed by atoms with E-state index in [9.17, 15) is 4.79 Å². The summed E-state index contributed by atoms with van der Waals surface area (Å²) in [4.78, 5) is 21.4. The molecular formula is C27H23FN4O2. The number of nitrogens with zero attached hydrogens (tertiary/aromatic N) is 4. The summed E-state index contributed by atoms with van der Waals surface area (Å²) in [5.74, 6) is 0.628. The van der Waals surface area contributed by atoms with Gasteiger partial charge in [0.1, 0.15) is 23.4 Å². The van der Waals surface area contributed by atoms with Gasteiger partial charge in [0.2, 0.25) is 0 Å². The highest BCUT2D eigenvalue weighted by molar-refractivity contribution is 5.83. The number of benzene rings is 2. The molecule has 6 nitrogen and oxygen atoms in total. The van der Waals surface area contributed by atoms with Crippen LogP contribution in [0.4, 0.5) is 4.39 Å². The number of hydrogen-bond donors (Lipinski definition) is 0. The molecule has 170 valence electrons. The summed E-state index contributed by atoms with van der Waals surface area (Å²) in [5.41, 5.74) is 4.35. The molecule has 5 rings (SSSR count). The van der Waals surface area contributed by atoms with Crippen molar-refractivity contribution in [2.75, 3.05) is 7.11 Å². The van der Waals surface area contributed by atoms with Gasteiger partial charge in [-0.05, 0) is 48.4 Å². The van der Waals surface area contributed by atoms with Crippen LogP contribution in [-0.4, -0.2) is 26.2 Å². The summed E-state index contributed by atoms with van der Waals surface area (Å²) in [7, 11) is 3.17. The Morgan fingerprint density at radius 2 is 1.79 bits per heavy atom. The first-order valence-electron chi connectivity index (χ1n) is 10.9. The van der Waals surface area contributed by atoms with Crippen molar-refractivity contribution < 1.29 is 9.13 Å². The van der Waals surface area contributed by atoms with Gasteiger partial charge in [-0.3, -0.25) is 9.78 Å². The molecule has 0 bridgehead atoms. The average molecular weight is 455 g/mol. The van der Waals surface area contributed by atoms with Crippen LogP contribution in [0.25, 0.3) is 22.2 Å². The van der Waals surface area contributed by atoms with Gasteiger partial charge in [-0.25, -0.2) is 9.37 Å². The average Bonchev–Trinajstić information content (AvgIpc) is 3.17. The summed E-state index contributed by atoms with van der Waals surface area (Å²) in [6, 6.07) is 19.9. The lowest BCUT2D eigenvalue weighted by Gasteiger charge is -2.22. The molecule has 7 heteroatoms. The van der Waals surface area contributed by atoms with Crippen molar-refractivity contribution >= 4 is 11.0 Å². The van der Waals surface area contributed by atoms with Crippen LogP contribution in [0.3, 0.4) is 0 Å². The molecule has 0 aliphatic rings. The number of halogens is 1. The van der Waals surface area contributed by atoms with Crippen LogP contribution >= 0.6 is 0 Å². The normalized spacial score (nSPS) is 12.1. The lowest BCUT2D eigenvalue weighted by atomic mass is 10.0. The van der Waals surface area contributed by atoms with E-state index in [2.05, 4.69) is 4.98 Å². The van der Waals surface area contributed by atoms with Crippen molar-refractivity contribution in [3.8, 4) is 16.9 Å². The molecular weight excluding hydrogens is 431 g/mol. The van der Waals surface area contributed by atoms with E-state index in [1.165, 1.54) is 17.7 Å². The number of aryl methyl sites for hydroxylation is 2. The SMILES string of the molecule is COc1cc(-c2ccc3nc(C)n([C@H](c4ccccc4)c4ncccc4F)c3c2)cn(C)c1=O. The van der Waals surface area contributed by atoms with Crippen LogP contribution in [0.2, 0.25) is 0 Å². The summed E-state index contributed by atoms with van der Waals surface area (Å²) in [5, 5.41) is 0. The molecule has 0 unspecified atom stereocenters. The molecule has 0 N–H and O–H groups in total. The van der Waals surface area contributed by atoms with E-state index in [-0.39, 0.29) is 17.1 Å². The number of hydrogen-bond acceptors (Lipinski definition) is 4. The molecule has 34 heavy (non-hydrogen) atoms. The third kappa shape index (κ3) is 3.65. The van der Waals surface area contributed by atoms with Crippen molar-refractivity contribution in [3.63, 3.8) is 0 Å². The fourth-order valence-electron chi connectivity index (χ4n) is 4.37. The van der Waals surface area contributed by atoms with Crippen molar-refractivity contribution in [1.82, 2.24) is 19.1 Å². The first kappa shape index (κ1) is 21.6. The Morgan fingerprint density at radius 1 is 1.00 bits per heavy atom. The zero-order valence-corrected chi connectivity index (χ0v) is 19.1. The molecule has 2 aromatic carbocycles. The smallest absolute Gasteiger partial charge is 0.292 e. The minimum atomic E-state index is -0.502. The molecule has 3 heterocycles. The first-order valence-corrected chi connectivity index (χ1v) is 10.9. The Hall–Kier alpha value is -4.26. The molecule has 0 radical (unpaired) electrons. The molecule has 1 atom stereocenters. The Kier molecular flexibility index (Phi) is 5.45. The molecule has 0 fully saturated rings. The quantitative estimate of drug-likeness (QED) is 0.379. The maximum atomic E-state index is 15.0. The zero-order chi connectivity index (χ0) is 23.8. The molecule has 0 aliphatic heterocycles. The van der Waals surface area contributed by atoms with E-state index in [1.807, 2.05) is 60.0 Å². The van der Waals surface area contributed by atoms with Crippen LogP contribution in [0.5, 0.6) is 5.75 Å². The van der Waals surface area contributed by atoms with Gasteiger partial charge in [0.15, 0.2) is 5.75 Å². The van der Waals surface area contributed by atoms with Gasteiger partial charge in [0, 0.05) is 25.0 Å². The van der Waals surface area contributed by atoms with Crippen molar-refractivity contribution in [2.45, 2.75) is 13.0 Å². The Morgan fingerprint density at radius 3 is 2.53 bits per heavy atom. The van der Waals surface area contributed by atoms with E-state index >= 15 is 4.39 Å². The maximum Gasteiger partial charge on any atom is 0.292 e. The lowest BCUT2D eigenvalue weighted by molar-refractivity contribution is 0.405. The maximum absolute atomic E-state index is 15.0. The fourth-order valence-corrected chi connectivity index (χ4v) is 4.37. The van der Waals surface area contributed by atoms with Crippen LogP contribution in [-0.2, 0) is 7.05 Å². The fraction of sp³-hybridized carbons (Fsp3) is 0.148. The molecule has 0 amide bonds. The van der Waals surface area contributed by atoms with Gasteiger partial charge in [-0.15, -0.1) is 0 Å². The highest BCUT2D eigenvalue weighted by Crippen LogP contribution is 2.34. The number of imidazole rings is 1. The van der Waals surface area contributed by atoms with Crippen LogP contribution < -0.4 is 10.3 Å². The summed E-state index contributed by atoms with van der Waals surface area (Å²) in [6.45, 7) is 1.91. The van der Waals surface area contributed by atoms with Gasteiger partial charge in [-0.1, -0.05) is 36.4 Å². The van der Waals surface area contributed by atoms with Gasteiger partial charge in [-0.2, -0.15) is 0 Å². The largest absolute Gasteiger partial charge is 0.491 e. The highest BCUT2D eigenvalue weighted by atomic mass is 19.1. The molecule has 5 aromatic rings. The lowest BCUT2D eigenvalue weighted by Crippen LogP contribution is -2.18.